The summed E-state index contributed by atoms with van der Waals surface area (Å²) in [6.07, 6.45) is 1.97. The summed E-state index contributed by atoms with van der Waals surface area (Å²) >= 11 is 1.63. The van der Waals surface area contributed by atoms with Crippen molar-refractivity contribution in [2.45, 2.75) is 13.0 Å². The monoisotopic (exact) mass is 407 g/mol. The fourth-order valence-corrected chi connectivity index (χ4v) is 4.06. The predicted octanol–water partition coefficient (Wildman–Crippen LogP) is 3.49. The zero-order valence-electron chi connectivity index (χ0n) is 16.0. The zero-order chi connectivity index (χ0) is 20.2. The van der Waals surface area contributed by atoms with Crippen LogP contribution in [0.4, 0.5) is 5.69 Å². The highest BCUT2D eigenvalue weighted by molar-refractivity contribution is 7.13. The number of carbonyl (C=O) groups excluding carboxylic acids is 2. The number of amides is 2. The Kier molecular flexibility index (Phi) is 5.57. The van der Waals surface area contributed by atoms with Crippen LogP contribution in [0.25, 0.3) is 10.6 Å². The van der Waals surface area contributed by atoms with Gasteiger partial charge in [-0.15, -0.1) is 11.3 Å². The first kappa shape index (κ1) is 19.1. The standard InChI is InChI=1S/C22H21N3O3S/c1-28-18-6-4-17(5-7-18)25-14-16(12-21(25)26)22(27)24-13-15-8-9-23-19(11-15)20-3-2-10-29-20/h2-11,16H,12-14H2,1H3,(H,24,27). The maximum Gasteiger partial charge on any atom is 0.227 e. The molecule has 0 spiro atoms. The van der Waals surface area contributed by atoms with Crippen molar-refractivity contribution in [3.05, 3.63) is 65.7 Å². The third-order valence-electron chi connectivity index (χ3n) is 4.94. The van der Waals surface area contributed by atoms with Gasteiger partial charge < -0.3 is 15.0 Å². The van der Waals surface area contributed by atoms with Gasteiger partial charge in [-0.25, -0.2) is 0 Å². The predicted molar refractivity (Wildman–Crippen MR) is 113 cm³/mol. The molecule has 2 aromatic heterocycles. The van der Waals surface area contributed by atoms with Crippen molar-refractivity contribution in [1.82, 2.24) is 10.3 Å². The fourth-order valence-electron chi connectivity index (χ4n) is 3.37. The van der Waals surface area contributed by atoms with Crippen LogP contribution in [0.3, 0.4) is 0 Å². The van der Waals surface area contributed by atoms with Crippen LogP contribution < -0.4 is 15.0 Å². The SMILES string of the molecule is COc1ccc(N2CC(C(=O)NCc3ccnc(-c4cccs4)c3)CC2=O)cc1. The van der Waals surface area contributed by atoms with Gasteiger partial charge in [0.2, 0.25) is 11.8 Å². The van der Waals surface area contributed by atoms with Crippen LogP contribution in [-0.4, -0.2) is 30.5 Å². The lowest BCUT2D eigenvalue weighted by atomic mass is 10.1. The van der Waals surface area contributed by atoms with Crippen molar-refractivity contribution in [3.63, 3.8) is 0 Å². The lowest BCUT2D eigenvalue weighted by Gasteiger charge is -2.17. The van der Waals surface area contributed by atoms with E-state index < -0.39 is 0 Å². The molecule has 0 bridgehead atoms. The van der Waals surface area contributed by atoms with E-state index in [0.717, 1.165) is 27.6 Å². The highest BCUT2D eigenvalue weighted by Crippen LogP contribution is 2.27. The number of carbonyl (C=O) groups is 2. The van der Waals surface area contributed by atoms with Gasteiger partial charge in [-0.2, -0.15) is 0 Å². The Hall–Kier alpha value is -3.19. The van der Waals surface area contributed by atoms with E-state index in [2.05, 4.69) is 10.3 Å². The number of methoxy groups -OCH3 is 1. The second-order valence-corrected chi connectivity index (χ2v) is 7.80. The van der Waals surface area contributed by atoms with E-state index in [1.54, 1.807) is 29.5 Å². The molecular formula is C22H21N3O3S. The smallest absolute Gasteiger partial charge is 0.227 e. The molecule has 148 valence electrons. The van der Waals surface area contributed by atoms with Crippen LogP contribution in [0, 0.1) is 5.92 Å². The first-order valence-electron chi connectivity index (χ1n) is 9.35. The fraction of sp³-hybridized carbons (Fsp3) is 0.227. The third-order valence-corrected chi connectivity index (χ3v) is 5.84. The molecule has 1 atom stereocenters. The topological polar surface area (TPSA) is 71.5 Å². The first-order valence-corrected chi connectivity index (χ1v) is 10.2. The van der Waals surface area contributed by atoms with Gasteiger partial charge in [0.05, 0.1) is 23.6 Å². The molecule has 1 aliphatic heterocycles. The van der Waals surface area contributed by atoms with E-state index in [-0.39, 0.29) is 24.2 Å². The Morgan fingerprint density at radius 3 is 2.83 bits per heavy atom. The Balaban J connectivity index is 1.37. The van der Waals surface area contributed by atoms with Gasteiger partial charge in [0.25, 0.3) is 0 Å². The maximum atomic E-state index is 12.6. The summed E-state index contributed by atoms with van der Waals surface area (Å²) in [4.78, 5) is 32.2. The van der Waals surface area contributed by atoms with E-state index >= 15 is 0 Å². The minimum Gasteiger partial charge on any atom is -0.497 e. The molecule has 1 fully saturated rings. The maximum absolute atomic E-state index is 12.6. The molecule has 1 unspecified atom stereocenters. The van der Waals surface area contributed by atoms with Crippen molar-refractivity contribution in [2.75, 3.05) is 18.6 Å². The van der Waals surface area contributed by atoms with Gasteiger partial charge in [0.1, 0.15) is 5.75 Å². The van der Waals surface area contributed by atoms with Gasteiger partial charge in [0, 0.05) is 31.4 Å². The average Bonchev–Trinajstić information content (AvgIpc) is 3.42. The van der Waals surface area contributed by atoms with E-state index in [4.69, 9.17) is 4.74 Å². The largest absolute Gasteiger partial charge is 0.497 e. The number of hydrogen-bond acceptors (Lipinski definition) is 5. The number of rotatable bonds is 6. The van der Waals surface area contributed by atoms with Crippen molar-refractivity contribution in [3.8, 4) is 16.3 Å². The molecule has 2 amide bonds. The summed E-state index contributed by atoms with van der Waals surface area (Å²) < 4.78 is 5.15. The molecular weight excluding hydrogens is 386 g/mol. The quantitative estimate of drug-likeness (QED) is 0.679. The number of hydrogen-bond donors (Lipinski definition) is 1. The molecule has 3 heterocycles. The molecule has 0 radical (unpaired) electrons. The molecule has 7 heteroatoms. The molecule has 1 saturated heterocycles. The van der Waals surface area contributed by atoms with Crippen LogP contribution in [0.15, 0.2) is 60.1 Å². The first-order chi connectivity index (χ1) is 14.1. The number of benzene rings is 1. The number of pyridine rings is 1. The number of ether oxygens (including phenoxy) is 1. The lowest BCUT2D eigenvalue weighted by Crippen LogP contribution is -2.32. The number of aromatic nitrogens is 1. The highest BCUT2D eigenvalue weighted by atomic mass is 32.1. The zero-order valence-corrected chi connectivity index (χ0v) is 16.8. The minimum atomic E-state index is -0.358. The molecule has 6 nitrogen and oxygen atoms in total. The molecule has 4 rings (SSSR count). The second-order valence-electron chi connectivity index (χ2n) is 6.85. The van der Waals surface area contributed by atoms with E-state index in [1.165, 1.54) is 0 Å². The molecule has 1 aliphatic rings. The van der Waals surface area contributed by atoms with Crippen LogP contribution in [0.5, 0.6) is 5.75 Å². The van der Waals surface area contributed by atoms with Crippen molar-refractivity contribution in [2.24, 2.45) is 5.92 Å². The lowest BCUT2D eigenvalue weighted by molar-refractivity contribution is -0.126. The summed E-state index contributed by atoms with van der Waals surface area (Å²) in [5.41, 5.74) is 2.65. The second kappa shape index (κ2) is 8.45. The van der Waals surface area contributed by atoms with Crippen LogP contribution in [0.1, 0.15) is 12.0 Å². The van der Waals surface area contributed by atoms with Gasteiger partial charge in [-0.1, -0.05) is 6.07 Å². The van der Waals surface area contributed by atoms with Gasteiger partial charge in [-0.3, -0.25) is 14.6 Å². The normalized spacial score (nSPS) is 16.1. The van der Waals surface area contributed by atoms with E-state index in [1.807, 2.05) is 53.9 Å². The van der Waals surface area contributed by atoms with Crippen LogP contribution >= 0.6 is 11.3 Å². The average molecular weight is 407 g/mol. The van der Waals surface area contributed by atoms with Crippen molar-refractivity contribution < 1.29 is 14.3 Å². The highest BCUT2D eigenvalue weighted by Gasteiger charge is 2.35. The summed E-state index contributed by atoms with van der Waals surface area (Å²) in [6.45, 7) is 0.792. The Labute approximate surface area is 173 Å². The van der Waals surface area contributed by atoms with E-state index in [0.29, 0.717) is 13.1 Å². The summed E-state index contributed by atoms with van der Waals surface area (Å²) in [5.74, 6) is 0.222. The van der Waals surface area contributed by atoms with Crippen LogP contribution in [-0.2, 0) is 16.1 Å². The van der Waals surface area contributed by atoms with Gasteiger partial charge >= 0.3 is 0 Å². The van der Waals surface area contributed by atoms with Gasteiger partial charge in [-0.05, 0) is 53.4 Å². The number of nitrogens with zero attached hydrogens (tertiary/aromatic N) is 2. The van der Waals surface area contributed by atoms with E-state index in [9.17, 15) is 9.59 Å². The summed E-state index contributed by atoms with van der Waals surface area (Å²) in [6, 6.07) is 15.2. The Morgan fingerprint density at radius 1 is 1.28 bits per heavy atom. The molecule has 0 aliphatic carbocycles. The minimum absolute atomic E-state index is 0.0424. The molecule has 1 N–H and O–H groups in total. The number of thiophene rings is 1. The number of anilines is 1. The summed E-state index contributed by atoms with van der Waals surface area (Å²) in [7, 11) is 1.60. The number of nitrogens with one attached hydrogen (secondary N) is 1. The third kappa shape index (κ3) is 4.30. The Morgan fingerprint density at radius 2 is 2.10 bits per heavy atom. The Bertz CT molecular complexity index is 1000. The molecule has 3 aromatic rings. The van der Waals surface area contributed by atoms with Gasteiger partial charge in [0.15, 0.2) is 0 Å². The molecule has 29 heavy (non-hydrogen) atoms. The summed E-state index contributed by atoms with van der Waals surface area (Å²) in [5, 5.41) is 4.97. The molecule has 1 aromatic carbocycles. The van der Waals surface area contributed by atoms with Crippen LogP contribution in [0.2, 0.25) is 0 Å². The van der Waals surface area contributed by atoms with Crippen molar-refractivity contribution >= 4 is 28.8 Å². The molecule has 0 saturated carbocycles. The van der Waals surface area contributed by atoms with Crippen molar-refractivity contribution in [1.29, 1.82) is 0 Å².